The largest absolute Gasteiger partial charge is 0.483 e. The van der Waals surface area contributed by atoms with Crippen molar-refractivity contribution in [3.8, 4) is 5.75 Å². The van der Waals surface area contributed by atoms with E-state index in [9.17, 15) is 14.4 Å². The van der Waals surface area contributed by atoms with Crippen molar-refractivity contribution in [2.45, 2.75) is 19.4 Å². The van der Waals surface area contributed by atoms with Gasteiger partial charge >= 0.3 is 6.03 Å². The van der Waals surface area contributed by atoms with Gasteiger partial charge in [0.05, 0.1) is 10.7 Å². The molecule has 9 heteroatoms. The fraction of sp³-hybridized carbons (Fsp3) is 0.423. The van der Waals surface area contributed by atoms with Crippen molar-refractivity contribution in [3.63, 3.8) is 0 Å². The standard InChI is InChI=1S/C26H29ClN4O4/c27-21-6-2-3-7-22(21)28-11-9-19(15-28)16-30-12-10-24(32)31(26(30)34)14-13-29-17-20-5-1-4-8-23(20)35-18-25(29)33/h1-8,19H,9-18H2. The minimum Gasteiger partial charge on any atom is -0.483 e. The van der Waals surface area contributed by atoms with Crippen molar-refractivity contribution in [3.05, 3.63) is 59.1 Å². The van der Waals surface area contributed by atoms with Crippen LogP contribution in [0.25, 0.3) is 0 Å². The van der Waals surface area contributed by atoms with Crippen LogP contribution in [0.5, 0.6) is 5.75 Å². The second kappa shape index (κ2) is 10.2. The third-order valence-corrected chi connectivity index (χ3v) is 7.31. The van der Waals surface area contributed by atoms with Crippen molar-refractivity contribution in [2.75, 3.05) is 50.8 Å². The summed E-state index contributed by atoms with van der Waals surface area (Å²) < 4.78 is 5.61. The first kappa shape index (κ1) is 23.5. The molecule has 184 valence electrons. The van der Waals surface area contributed by atoms with Gasteiger partial charge in [-0.15, -0.1) is 0 Å². The lowest BCUT2D eigenvalue weighted by atomic mass is 10.1. The van der Waals surface area contributed by atoms with Gasteiger partial charge in [-0.05, 0) is 30.5 Å². The summed E-state index contributed by atoms with van der Waals surface area (Å²) in [5.41, 5.74) is 1.94. The first-order valence-corrected chi connectivity index (χ1v) is 12.4. The van der Waals surface area contributed by atoms with E-state index in [-0.39, 0.29) is 37.5 Å². The first-order valence-electron chi connectivity index (χ1n) is 12.1. The van der Waals surface area contributed by atoms with E-state index in [1.54, 1.807) is 9.80 Å². The van der Waals surface area contributed by atoms with Crippen LogP contribution < -0.4 is 9.64 Å². The molecule has 5 rings (SSSR count). The highest BCUT2D eigenvalue weighted by Gasteiger charge is 2.35. The Morgan fingerprint density at radius 2 is 1.71 bits per heavy atom. The number of amides is 4. The minimum absolute atomic E-state index is 0.0470. The summed E-state index contributed by atoms with van der Waals surface area (Å²) in [5, 5.41) is 0.732. The average molecular weight is 497 g/mol. The zero-order valence-electron chi connectivity index (χ0n) is 19.6. The summed E-state index contributed by atoms with van der Waals surface area (Å²) in [6.45, 7) is 3.56. The summed E-state index contributed by atoms with van der Waals surface area (Å²) >= 11 is 6.36. The molecule has 1 atom stereocenters. The van der Waals surface area contributed by atoms with Gasteiger partial charge in [0, 0.05) is 57.8 Å². The molecule has 2 fully saturated rings. The molecule has 35 heavy (non-hydrogen) atoms. The van der Waals surface area contributed by atoms with Gasteiger partial charge in [0.15, 0.2) is 6.61 Å². The molecule has 0 spiro atoms. The van der Waals surface area contributed by atoms with E-state index in [1.165, 1.54) is 4.90 Å². The van der Waals surface area contributed by atoms with Crippen LogP contribution >= 0.6 is 11.6 Å². The molecule has 8 nitrogen and oxygen atoms in total. The lowest BCUT2D eigenvalue weighted by molar-refractivity contribution is -0.136. The summed E-state index contributed by atoms with van der Waals surface area (Å²) in [4.78, 5) is 45.4. The second-order valence-electron chi connectivity index (χ2n) is 9.29. The highest BCUT2D eigenvalue weighted by Crippen LogP contribution is 2.31. The summed E-state index contributed by atoms with van der Waals surface area (Å²) in [6.07, 6.45) is 1.26. The monoisotopic (exact) mass is 496 g/mol. The first-order chi connectivity index (χ1) is 17.0. The number of carbonyl (C=O) groups is 3. The number of hydrogen-bond acceptors (Lipinski definition) is 5. The molecular formula is C26H29ClN4O4. The fourth-order valence-corrected chi connectivity index (χ4v) is 5.33. The maximum Gasteiger partial charge on any atom is 0.326 e. The molecule has 2 saturated heterocycles. The summed E-state index contributed by atoms with van der Waals surface area (Å²) in [5.74, 6) is 0.669. The molecule has 0 N–H and O–H groups in total. The summed E-state index contributed by atoms with van der Waals surface area (Å²) in [6, 6.07) is 15.1. The van der Waals surface area contributed by atoms with E-state index in [1.807, 2.05) is 48.5 Å². The molecule has 3 aliphatic heterocycles. The number of fused-ring (bicyclic) bond motifs is 1. The molecule has 0 bridgehead atoms. The van der Waals surface area contributed by atoms with E-state index in [4.69, 9.17) is 16.3 Å². The van der Waals surface area contributed by atoms with Crippen molar-refractivity contribution in [1.82, 2.24) is 14.7 Å². The molecular weight excluding hydrogens is 468 g/mol. The van der Waals surface area contributed by atoms with Crippen molar-refractivity contribution >= 4 is 35.1 Å². The number of imide groups is 1. The van der Waals surface area contributed by atoms with Crippen molar-refractivity contribution in [1.29, 1.82) is 0 Å². The molecule has 4 amide bonds. The van der Waals surface area contributed by atoms with Crippen LogP contribution in [-0.2, 0) is 16.1 Å². The van der Waals surface area contributed by atoms with Gasteiger partial charge in [-0.1, -0.05) is 41.9 Å². The van der Waals surface area contributed by atoms with E-state index in [0.29, 0.717) is 37.7 Å². The molecule has 2 aromatic rings. The third-order valence-electron chi connectivity index (χ3n) is 6.99. The molecule has 3 heterocycles. The topological polar surface area (TPSA) is 73.4 Å². The SMILES string of the molecule is O=C1COc2ccccc2CN1CCN1C(=O)CCN(CC2CCN(c3ccccc3Cl)C2)C1=O. The van der Waals surface area contributed by atoms with E-state index < -0.39 is 0 Å². The maximum atomic E-state index is 13.2. The number of benzene rings is 2. The van der Waals surface area contributed by atoms with Crippen LogP contribution in [0.4, 0.5) is 10.5 Å². The number of rotatable bonds is 6. The Hall–Kier alpha value is -3.26. The summed E-state index contributed by atoms with van der Waals surface area (Å²) in [7, 11) is 0. The van der Waals surface area contributed by atoms with Gasteiger partial charge in [-0.25, -0.2) is 4.79 Å². The fourth-order valence-electron chi connectivity index (χ4n) is 5.07. The van der Waals surface area contributed by atoms with Crippen molar-refractivity contribution in [2.24, 2.45) is 5.92 Å². The number of anilines is 1. The number of halogens is 1. The molecule has 0 radical (unpaired) electrons. The van der Waals surface area contributed by atoms with Gasteiger partial charge in [-0.2, -0.15) is 0 Å². The number of para-hydroxylation sites is 2. The Bertz CT molecular complexity index is 1130. The van der Waals surface area contributed by atoms with Crippen LogP contribution in [-0.4, -0.2) is 78.4 Å². The van der Waals surface area contributed by atoms with Gasteiger partial charge in [0.1, 0.15) is 5.75 Å². The van der Waals surface area contributed by atoms with Gasteiger partial charge in [-0.3, -0.25) is 14.5 Å². The number of carbonyl (C=O) groups excluding carboxylic acids is 3. The number of ether oxygens (including phenoxy) is 1. The second-order valence-corrected chi connectivity index (χ2v) is 9.69. The molecule has 1 unspecified atom stereocenters. The van der Waals surface area contributed by atoms with E-state index >= 15 is 0 Å². The Labute approximate surface area is 210 Å². The van der Waals surface area contributed by atoms with E-state index in [2.05, 4.69) is 4.90 Å². The lowest BCUT2D eigenvalue weighted by Gasteiger charge is -2.36. The minimum atomic E-state index is -0.267. The number of hydrogen-bond donors (Lipinski definition) is 0. The lowest BCUT2D eigenvalue weighted by Crippen LogP contribution is -2.55. The van der Waals surface area contributed by atoms with Gasteiger partial charge in [0.2, 0.25) is 5.91 Å². The van der Waals surface area contributed by atoms with E-state index in [0.717, 1.165) is 35.8 Å². The molecule has 2 aromatic carbocycles. The molecule has 3 aliphatic rings. The smallest absolute Gasteiger partial charge is 0.326 e. The number of nitrogens with zero attached hydrogens (tertiary/aromatic N) is 4. The zero-order chi connectivity index (χ0) is 24.4. The highest BCUT2D eigenvalue weighted by atomic mass is 35.5. The molecule has 0 aliphatic carbocycles. The van der Waals surface area contributed by atoms with Crippen LogP contribution in [0.1, 0.15) is 18.4 Å². The molecule has 0 aromatic heterocycles. The normalized spacial score (nSPS) is 20.7. The van der Waals surface area contributed by atoms with Crippen LogP contribution in [0.3, 0.4) is 0 Å². The predicted octanol–water partition coefficient (Wildman–Crippen LogP) is 3.24. The Morgan fingerprint density at radius 1 is 0.914 bits per heavy atom. The Balaban J connectivity index is 1.19. The maximum absolute atomic E-state index is 13.2. The molecule has 0 saturated carbocycles. The quantitative estimate of drug-likeness (QED) is 0.614. The van der Waals surface area contributed by atoms with Crippen molar-refractivity contribution < 1.29 is 19.1 Å². The van der Waals surface area contributed by atoms with Crippen LogP contribution in [0.15, 0.2) is 48.5 Å². The Morgan fingerprint density at radius 3 is 2.57 bits per heavy atom. The van der Waals surface area contributed by atoms with Gasteiger partial charge < -0.3 is 19.4 Å². The third kappa shape index (κ3) is 5.07. The van der Waals surface area contributed by atoms with Gasteiger partial charge in [0.25, 0.3) is 5.91 Å². The van der Waals surface area contributed by atoms with Crippen LogP contribution in [0.2, 0.25) is 5.02 Å². The Kier molecular flexibility index (Phi) is 6.81. The zero-order valence-corrected chi connectivity index (χ0v) is 20.3. The highest BCUT2D eigenvalue weighted by molar-refractivity contribution is 6.33. The van der Waals surface area contributed by atoms with Crippen LogP contribution in [0, 0.1) is 5.92 Å². The number of urea groups is 1. The average Bonchev–Trinajstić information content (AvgIpc) is 3.26. The predicted molar refractivity (Wildman–Crippen MR) is 132 cm³/mol.